The number of guanidine groups is 1. The second-order valence-electron chi connectivity index (χ2n) is 5.94. The Morgan fingerprint density at radius 2 is 1.70 bits per heavy atom. The number of rotatable bonds is 8. The predicted molar refractivity (Wildman–Crippen MR) is 107 cm³/mol. The fourth-order valence-electron chi connectivity index (χ4n) is 2.62. The van der Waals surface area contributed by atoms with Gasteiger partial charge in [0.25, 0.3) is 0 Å². The summed E-state index contributed by atoms with van der Waals surface area (Å²) in [5.41, 5.74) is 3.21. The molecule has 0 aliphatic carbocycles. The van der Waals surface area contributed by atoms with Gasteiger partial charge in [-0.2, -0.15) is 0 Å². The summed E-state index contributed by atoms with van der Waals surface area (Å²) in [4.78, 5) is 8.57. The average Bonchev–Trinajstić information content (AvgIpc) is 2.70. The SMILES string of the molecule is CN=C(NCCc1ccc(C)nc1)NCc1cc(OC)c(OC)c(OC)c1. The Morgan fingerprint density at radius 3 is 2.22 bits per heavy atom. The summed E-state index contributed by atoms with van der Waals surface area (Å²) in [6.45, 7) is 3.32. The van der Waals surface area contributed by atoms with Crippen molar-refractivity contribution in [1.29, 1.82) is 0 Å². The molecule has 1 heterocycles. The number of ether oxygens (including phenoxy) is 3. The molecule has 2 N–H and O–H groups in total. The van der Waals surface area contributed by atoms with Crippen LogP contribution in [0.3, 0.4) is 0 Å². The summed E-state index contributed by atoms with van der Waals surface area (Å²) < 4.78 is 16.1. The first-order chi connectivity index (χ1) is 13.1. The van der Waals surface area contributed by atoms with Crippen molar-refractivity contribution >= 4 is 5.96 Å². The molecule has 1 aromatic heterocycles. The van der Waals surface area contributed by atoms with Crippen LogP contribution in [0.4, 0.5) is 0 Å². The molecule has 0 unspecified atom stereocenters. The van der Waals surface area contributed by atoms with Gasteiger partial charge in [-0.3, -0.25) is 9.98 Å². The van der Waals surface area contributed by atoms with E-state index in [0.29, 0.717) is 23.8 Å². The lowest BCUT2D eigenvalue weighted by Gasteiger charge is -2.16. The van der Waals surface area contributed by atoms with E-state index in [2.05, 4.69) is 26.7 Å². The number of benzene rings is 1. The Kier molecular flexibility index (Phi) is 7.73. The Morgan fingerprint density at radius 1 is 1.00 bits per heavy atom. The number of aliphatic imine (C=N–C) groups is 1. The summed E-state index contributed by atoms with van der Waals surface area (Å²) in [6, 6.07) is 7.95. The van der Waals surface area contributed by atoms with Crippen LogP contribution in [0.2, 0.25) is 0 Å². The fourth-order valence-corrected chi connectivity index (χ4v) is 2.62. The minimum atomic E-state index is 0.572. The summed E-state index contributed by atoms with van der Waals surface area (Å²) in [5.74, 6) is 2.56. The van der Waals surface area contributed by atoms with Crippen molar-refractivity contribution in [1.82, 2.24) is 15.6 Å². The highest BCUT2D eigenvalue weighted by molar-refractivity contribution is 5.79. The fraction of sp³-hybridized carbons (Fsp3) is 0.400. The van der Waals surface area contributed by atoms with Crippen molar-refractivity contribution in [3.63, 3.8) is 0 Å². The molecule has 0 bridgehead atoms. The van der Waals surface area contributed by atoms with Crippen LogP contribution in [0.1, 0.15) is 16.8 Å². The van der Waals surface area contributed by atoms with Gasteiger partial charge in [0.05, 0.1) is 21.3 Å². The first kappa shape index (κ1) is 20.4. The van der Waals surface area contributed by atoms with Gasteiger partial charge in [0.15, 0.2) is 17.5 Å². The van der Waals surface area contributed by atoms with Crippen LogP contribution < -0.4 is 24.8 Å². The third-order valence-corrected chi connectivity index (χ3v) is 4.09. The summed E-state index contributed by atoms with van der Waals surface area (Å²) in [6.07, 6.45) is 2.78. The van der Waals surface area contributed by atoms with Crippen LogP contribution in [-0.4, -0.2) is 45.9 Å². The quantitative estimate of drug-likeness (QED) is 0.547. The monoisotopic (exact) mass is 372 g/mol. The molecule has 0 saturated heterocycles. The predicted octanol–water partition coefficient (Wildman–Crippen LogP) is 2.32. The molecule has 2 aromatic rings. The van der Waals surface area contributed by atoms with Gasteiger partial charge < -0.3 is 24.8 Å². The normalized spacial score (nSPS) is 11.1. The molecule has 146 valence electrons. The highest BCUT2D eigenvalue weighted by Gasteiger charge is 2.13. The Hall–Kier alpha value is -2.96. The lowest BCUT2D eigenvalue weighted by Crippen LogP contribution is -2.37. The highest BCUT2D eigenvalue weighted by atomic mass is 16.5. The van der Waals surface area contributed by atoms with Crippen molar-refractivity contribution in [3.05, 3.63) is 47.3 Å². The molecule has 0 aliphatic rings. The number of hydrogen-bond acceptors (Lipinski definition) is 5. The zero-order valence-electron chi connectivity index (χ0n) is 16.6. The van der Waals surface area contributed by atoms with Gasteiger partial charge >= 0.3 is 0 Å². The standard InChI is InChI=1S/C20H28N4O3/c1-14-6-7-15(12-23-14)8-9-22-20(21-2)24-13-16-10-17(25-3)19(27-5)18(11-16)26-4/h6-7,10-12H,8-9,13H2,1-5H3,(H2,21,22,24). The summed E-state index contributed by atoms with van der Waals surface area (Å²) in [5, 5.41) is 6.60. The molecule has 0 atom stereocenters. The van der Waals surface area contributed by atoms with Gasteiger partial charge in [0.2, 0.25) is 5.75 Å². The number of nitrogens with one attached hydrogen (secondary N) is 2. The molecular formula is C20H28N4O3. The van der Waals surface area contributed by atoms with E-state index >= 15 is 0 Å². The lowest BCUT2D eigenvalue weighted by molar-refractivity contribution is 0.323. The Labute approximate surface area is 160 Å². The minimum absolute atomic E-state index is 0.572. The largest absolute Gasteiger partial charge is 0.493 e. The van der Waals surface area contributed by atoms with E-state index in [1.54, 1.807) is 28.4 Å². The number of aromatic nitrogens is 1. The van der Waals surface area contributed by atoms with Crippen molar-refractivity contribution in [3.8, 4) is 17.2 Å². The van der Waals surface area contributed by atoms with Crippen molar-refractivity contribution < 1.29 is 14.2 Å². The molecular weight excluding hydrogens is 344 g/mol. The van der Waals surface area contributed by atoms with Crippen molar-refractivity contribution in [2.45, 2.75) is 19.9 Å². The number of pyridine rings is 1. The van der Waals surface area contributed by atoms with Gasteiger partial charge in [0, 0.05) is 32.0 Å². The van der Waals surface area contributed by atoms with E-state index in [1.807, 2.05) is 31.3 Å². The maximum Gasteiger partial charge on any atom is 0.203 e. The van der Waals surface area contributed by atoms with Crippen LogP contribution in [0.15, 0.2) is 35.5 Å². The maximum atomic E-state index is 5.39. The number of hydrogen-bond donors (Lipinski definition) is 2. The number of nitrogens with zero attached hydrogens (tertiary/aromatic N) is 2. The molecule has 7 nitrogen and oxygen atoms in total. The average molecular weight is 372 g/mol. The Balaban J connectivity index is 1.92. The van der Waals surface area contributed by atoms with Gasteiger partial charge in [-0.15, -0.1) is 0 Å². The molecule has 27 heavy (non-hydrogen) atoms. The Bertz CT molecular complexity index is 735. The van der Waals surface area contributed by atoms with Crippen LogP contribution >= 0.6 is 0 Å². The number of methoxy groups -OCH3 is 3. The minimum Gasteiger partial charge on any atom is -0.493 e. The first-order valence-electron chi connectivity index (χ1n) is 8.76. The highest BCUT2D eigenvalue weighted by Crippen LogP contribution is 2.38. The first-order valence-corrected chi connectivity index (χ1v) is 8.76. The lowest BCUT2D eigenvalue weighted by atomic mass is 10.2. The van der Waals surface area contributed by atoms with E-state index in [-0.39, 0.29) is 0 Å². The third-order valence-electron chi connectivity index (χ3n) is 4.09. The molecule has 0 radical (unpaired) electrons. The van der Waals surface area contributed by atoms with Crippen LogP contribution in [0.25, 0.3) is 0 Å². The molecule has 0 saturated carbocycles. The second kappa shape index (κ2) is 10.3. The van der Waals surface area contributed by atoms with Gasteiger partial charge in [-0.05, 0) is 42.7 Å². The van der Waals surface area contributed by atoms with Gasteiger partial charge in [0.1, 0.15) is 0 Å². The summed E-state index contributed by atoms with van der Waals surface area (Å²) in [7, 11) is 6.55. The molecule has 0 fully saturated rings. The van der Waals surface area contributed by atoms with Crippen molar-refractivity contribution in [2.24, 2.45) is 4.99 Å². The van der Waals surface area contributed by atoms with Gasteiger partial charge in [-0.25, -0.2) is 0 Å². The summed E-state index contributed by atoms with van der Waals surface area (Å²) >= 11 is 0. The van der Waals surface area contributed by atoms with Gasteiger partial charge in [-0.1, -0.05) is 6.07 Å². The number of aryl methyl sites for hydroxylation is 1. The molecule has 0 spiro atoms. The van der Waals surface area contributed by atoms with Crippen LogP contribution in [0, 0.1) is 6.92 Å². The van der Waals surface area contributed by atoms with Crippen LogP contribution in [-0.2, 0) is 13.0 Å². The van der Waals surface area contributed by atoms with Crippen molar-refractivity contribution in [2.75, 3.05) is 34.9 Å². The topological polar surface area (TPSA) is 77.0 Å². The van der Waals surface area contributed by atoms with E-state index < -0.39 is 0 Å². The molecule has 1 aromatic carbocycles. The zero-order valence-corrected chi connectivity index (χ0v) is 16.6. The maximum absolute atomic E-state index is 5.39. The zero-order chi connectivity index (χ0) is 19.6. The van der Waals surface area contributed by atoms with E-state index in [1.165, 1.54) is 5.56 Å². The molecule has 0 aliphatic heterocycles. The molecule has 2 rings (SSSR count). The second-order valence-corrected chi connectivity index (χ2v) is 5.94. The van der Waals surface area contributed by atoms with E-state index in [0.717, 1.165) is 30.2 Å². The third kappa shape index (κ3) is 5.77. The molecule has 7 heteroatoms. The molecule has 0 amide bonds. The smallest absolute Gasteiger partial charge is 0.203 e. The van der Waals surface area contributed by atoms with E-state index in [4.69, 9.17) is 14.2 Å². The van der Waals surface area contributed by atoms with E-state index in [9.17, 15) is 0 Å². The van der Waals surface area contributed by atoms with Crippen LogP contribution in [0.5, 0.6) is 17.2 Å².